The van der Waals surface area contributed by atoms with Crippen LogP contribution in [0.3, 0.4) is 0 Å². The molecule has 0 heteroatoms. The van der Waals surface area contributed by atoms with Gasteiger partial charge in [-0.3, -0.25) is 0 Å². The van der Waals surface area contributed by atoms with Crippen LogP contribution < -0.4 is 0 Å². The zero-order valence-electron chi connectivity index (χ0n) is 80.1. The molecule has 0 nitrogen and oxygen atoms in total. The zero-order valence-corrected chi connectivity index (χ0v) is 80.1. The van der Waals surface area contributed by atoms with Crippen LogP contribution in [0.15, 0.2) is 400 Å². The molecule has 0 heterocycles. The van der Waals surface area contributed by atoms with Crippen LogP contribution in [0.4, 0.5) is 0 Å². The van der Waals surface area contributed by atoms with Crippen molar-refractivity contribution in [1.29, 1.82) is 0 Å². The van der Waals surface area contributed by atoms with E-state index in [0.29, 0.717) is 0 Å². The molecule has 6 aliphatic carbocycles. The second-order valence-electron chi connectivity index (χ2n) is 40.7. The summed E-state index contributed by atoms with van der Waals surface area (Å²) < 4.78 is 0. The summed E-state index contributed by atoms with van der Waals surface area (Å²) in [5.41, 5.74) is 58.1. The number of hydrogen-bond donors (Lipinski definition) is 0. The van der Waals surface area contributed by atoms with Gasteiger partial charge < -0.3 is 0 Å². The van der Waals surface area contributed by atoms with E-state index in [1.165, 1.54) is 234 Å². The first-order chi connectivity index (χ1) is 63.5. The van der Waals surface area contributed by atoms with Crippen molar-refractivity contribution in [1.82, 2.24) is 0 Å². The van der Waals surface area contributed by atoms with Crippen molar-refractivity contribution in [2.75, 3.05) is 0 Å². The van der Waals surface area contributed by atoms with Gasteiger partial charge in [-0.2, -0.15) is 0 Å². The topological polar surface area (TPSA) is 0 Å². The monoisotopic (exact) mass is 1700 g/mol. The summed E-state index contributed by atoms with van der Waals surface area (Å²) in [6.45, 7) is 41.1. The van der Waals surface area contributed by atoms with E-state index in [4.69, 9.17) is 0 Å². The molecule has 0 bridgehead atoms. The molecule has 6 aliphatic rings. The van der Waals surface area contributed by atoms with Gasteiger partial charge in [0.05, 0.1) is 0 Å². The Kier molecular flexibility index (Phi) is 22.7. The lowest BCUT2D eigenvalue weighted by Gasteiger charge is -2.23. The van der Waals surface area contributed by atoms with Crippen LogP contribution in [-0.2, 0) is 32.5 Å². The molecule has 0 saturated carbocycles. The van der Waals surface area contributed by atoms with Crippen LogP contribution in [0.25, 0.3) is 134 Å². The van der Waals surface area contributed by atoms with E-state index >= 15 is 0 Å². The Hall–Kier alpha value is -14.0. The summed E-state index contributed by atoms with van der Waals surface area (Å²) in [7, 11) is 0. The first-order valence-corrected chi connectivity index (χ1v) is 47.3. The van der Waals surface area contributed by atoms with Crippen molar-refractivity contribution in [3.63, 3.8) is 0 Å². The summed E-state index contributed by atoms with van der Waals surface area (Å²) in [6.07, 6.45) is 0. The number of hydrogen-bond acceptors (Lipinski definition) is 0. The van der Waals surface area contributed by atoms with Crippen LogP contribution in [-0.4, -0.2) is 0 Å². The van der Waals surface area contributed by atoms with E-state index in [9.17, 15) is 0 Å². The van der Waals surface area contributed by atoms with Crippen molar-refractivity contribution in [2.24, 2.45) is 0 Å². The average Bonchev–Trinajstić information content (AvgIpc) is 1.60. The Morgan fingerprint density at radius 1 is 0.121 bits per heavy atom. The first kappa shape index (κ1) is 87.3. The lowest BCUT2D eigenvalue weighted by atomic mass is 9.80. The molecule has 0 unspecified atom stereocenters. The highest BCUT2D eigenvalue weighted by atomic mass is 14.5. The minimum atomic E-state index is 0.0702. The summed E-state index contributed by atoms with van der Waals surface area (Å²) >= 11 is 0. The van der Waals surface area contributed by atoms with Gasteiger partial charge in [0.2, 0.25) is 0 Å². The van der Waals surface area contributed by atoms with Gasteiger partial charge in [0, 0.05) is 32.5 Å². The van der Waals surface area contributed by atoms with E-state index in [1.807, 2.05) is 0 Å². The summed E-state index contributed by atoms with van der Waals surface area (Å²) in [5.74, 6) is 0. The van der Waals surface area contributed by atoms with E-state index in [0.717, 1.165) is 0 Å². The Morgan fingerprint density at radius 2 is 0.364 bits per heavy atom. The Labute approximate surface area is 785 Å². The standard InChI is InChI=1S/6C22H20/c1-15-7-6-8-16(13-15)17-11-12-19-18-9-4-5-10-20(18)22(2,3)21(19)14-17;1-15-8-4-5-9-17(15)16-12-13-19-18-10-6-7-11-20(18)22(2,3)21(19)14-16;1-15-8-7-11-19-18-13-12-17(16-9-5-4-6-10-16)14-20(18)22(2,3)21(15)19;1-15-8-10-16(11-9-15)17-12-13-19-18-6-4-5-7-20(18)22(2,3)21(19)14-17;1-15-9-12-20-19(13-15)18-11-10-17(14-21(18)22(20,2)3)16-7-5-4-6-8-16;1-15-9-11-18-19-12-10-17(16-7-5-4-6-8-16)14-21(19)22(2,3)20(18)13-15/h6*4-14H,1-3H3. The van der Waals surface area contributed by atoms with E-state index in [2.05, 4.69) is 525 Å². The SMILES string of the molecule is Cc1ccc(-c2ccc3c(c2)C(C)(C)c2ccccc2-3)cc1.Cc1ccc2c(c1)-c1ccc(-c3ccccc3)cc1C2(C)C.Cc1ccc2c(c1)C(C)(C)c1cc(-c3ccccc3)ccc1-2.Cc1cccc(-c2ccc3c(c2)C(C)(C)c2ccccc2-3)c1.Cc1cccc2c1C(C)(C)c1cc(-c3ccccc3)ccc1-2.Cc1ccccc1-c1ccc2c(c1)C(C)(C)c1ccccc1-2. The van der Waals surface area contributed by atoms with E-state index < -0.39 is 0 Å². The van der Waals surface area contributed by atoms with Crippen LogP contribution in [0.5, 0.6) is 0 Å². The minimum Gasteiger partial charge on any atom is -0.0622 e. The molecule has 0 radical (unpaired) electrons. The fraction of sp³-hybridized carbons (Fsp3) is 0.182. The quantitative estimate of drug-likeness (QED) is 0.156. The zero-order chi connectivity index (χ0) is 91.9. The number of rotatable bonds is 6. The Balaban J connectivity index is 0.000000102. The summed E-state index contributed by atoms with van der Waals surface area (Å²) in [4.78, 5) is 0. The molecule has 0 atom stereocenters. The number of benzene rings is 18. The highest BCUT2D eigenvalue weighted by molar-refractivity contribution is 5.91. The van der Waals surface area contributed by atoms with Crippen molar-refractivity contribution in [3.8, 4) is 134 Å². The number of fused-ring (bicyclic) bond motifs is 18. The maximum Gasteiger partial charge on any atom is 0.0161 e. The van der Waals surface area contributed by atoms with Gasteiger partial charge in [0.15, 0.2) is 0 Å². The molecule has 18 aromatic rings. The Bertz CT molecular complexity index is 7450. The van der Waals surface area contributed by atoms with Gasteiger partial charge in [0.1, 0.15) is 0 Å². The molecular formula is C132H120. The van der Waals surface area contributed by atoms with Crippen LogP contribution in [0.2, 0.25) is 0 Å². The second kappa shape index (κ2) is 34.4. The van der Waals surface area contributed by atoms with Gasteiger partial charge in [-0.1, -0.05) is 469 Å². The molecule has 24 rings (SSSR count). The molecule has 0 N–H and O–H groups in total. The average molecular weight is 1710 g/mol. The predicted molar refractivity (Wildman–Crippen MR) is 565 cm³/mol. The molecule has 0 aliphatic heterocycles. The third-order valence-corrected chi connectivity index (χ3v) is 29.8. The van der Waals surface area contributed by atoms with Crippen LogP contribution in [0.1, 0.15) is 183 Å². The van der Waals surface area contributed by atoms with Gasteiger partial charge >= 0.3 is 0 Å². The first-order valence-electron chi connectivity index (χ1n) is 47.3. The highest BCUT2D eigenvalue weighted by Crippen LogP contribution is 2.57. The van der Waals surface area contributed by atoms with Crippen molar-refractivity contribution in [2.45, 2.75) is 157 Å². The van der Waals surface area contributed by atoms with Crippen molar-refractivity contribution in [3.05, 3.63) is 501 Å². The lowest BCUT2D eigenvalue weighted by Crippen LogP contribution is -2.16. The van der Waals surface area contributed by atoms with Gasteiger partial charge in [-0.05, 0) is 289 Å². The predicted octanol–water partition coefficient (Wildman–Crippen LogP) is 35.8. The van der Waals surface area contributed by atoms with Crippen LogP contribution in [0, 0.1) is 41.5 Å². The molecule has 0 amide bonds. The lowest BCUT2D eigenvalue weighted by molar-refractivity contribution is 0.656. The van der Waals surface area contributed by atoms with E-state index in [1.54, 1.807) is 0 Å². The molecule has 0 fully saturated rings. The van der Waals surface area contributed by atoms with Gasteiger partial charge in [-0.15, -0.1) is 0 Å². The molecule has 0 saturated heterocycles. The fourth-order valence-corrected chi connectivity index (χ4v) is 22.4. The largest absolute Gasteiger partial charge is 0.0622 e. The normalized spacial score (nSPS) is 14.5. The molecule has 0 spiro atoms. The maximum absolute atomic E-state index is 2.39. The second-order valence-corrected chi connectivity index (χ2v) is 40.7. The minimum absolute atomic E-state index is 0.0702. The van der Waals surface area contributed by atoms with Gasteiger partial charge in [-0.25, -0.2) is 0 Å². The molecular weight excluding hydrogens is 1590 g/mol. The highest BCUT2D eigenvalue weighted by Gasteiger charge is 2.42. The smallest absolute Gasteiger partial charge is 0.0161 e. The Morgan fingerprint density at radius 3 is 0.788 bits per heavy atom. The molecule has 132 heavy (non-hydrogen) atoms. The molecule has 18 aromatic carbocycles. The third-order valence-electron chi connectivity index (χ3n) is 29.8. The summed E-state index contributed by atoms with van der Waals surface area (Å²) in [5, 5.41) is 0. The maximum atomic E-state index is 2.39. The molecule has 648 valence electrons. The van der Waals surface area contributed by atoms with Crippen molar-refractivity contribution >= 4 is 0 Å². The van der Waals surface area contributed by atoms with Crippen molar-refractivity contribution < 1.29 is 0 Å². The fourth-order valence-electron chi connectivity index (χ4n) is 22.4. The summed E-state index contributed by atoms with van der Waals surface area (Å²) in [6, 6.07) is 146. The number of aryl methyl sites for hydroxylation is 6. The van der Waals surface area contributed by atoms with Crippen LogP contribution >= 0.6 is 0 Å². The van der Waals surface area contributed by atoms with Gasteiger partial charge in [0.25, 0.3) is 0 Å². The third kappa shape index (κ3) is 15.7. The van der Waals surface area contributed by atoms with E-state index in [-0.39, 0.29) is 32.5 Å². The molecule has 0 aromatic heterocycles.